The topological polar surface area (TPSA) is 61.4 Å². The Bertz CT molecular complexity index is 758. The Hall–Kier alpha value is -2.66. The lowest BCUT2D eigenvalue weighted by Gasteiger charge is -2.26. The first-order valence-electron chi connectivity index (χ1n) is 10.6. The predicted octanol–water partition coefficient (Wildman–Crippen LogP) is 3.02. The molecule has 0 aliphatic carbocycles. The number of nitrogens with one attached hydrogen (secondary N) is 2. The van der Waals surface area contributed by atoms with Crippen LogP contribution in [-0.4, -0.2) is 48.9 Å². The quantitative estimate of drug-likeness (QED) is 0.644. The molecule has 1 atom stereocenters. The lowest BCUT2D eigenvalue weighted by molar-refractivity contribution is -0.122. The zero-order chi connectivity index (χ0) is 20.3. The van der Waals surface area contributed by atoms with Crippen LogP contribution < -0.4 is 10.6 Å². The molecule has 0 radical (unpaired) electrons. The number of carbonyl (C=O) groups is 2. The van der Waals surface area contributed by atoms with Gasteiger partial charge in [-0.3, -0.25) is 9.59 Å². The Labute approximate surface area is 173 Å². The highest BCUT2D eigenvalue weighted by Crippen LogP contribution is 2.09. The average Bonchev–Trinajstić information content (AvgIpc) is 2.78. The molecule has 29 heavy (non-hydrogen) atoms. The first-order valence-corrected chi connectivity index (χ1v) is 10.6. The molecule has 2 amide bonds. The molecule has 154 valence electrons. The molecule has 5 heteroatoms. The number of piperidine rings is 1. The lowest BCUT2D eigenvalue weighted by Crippen LogP contribution is -2.48. The van der Waals surface area contributed by atoms with E-state index in [0.29, 0.717) is 18.5 Å². The highest BCUT2D eigenvalue weighted by atomic mass is 16.2. The number of hydrogen-bond donors (Lipinski definition) is 2. The molecule has 0 bridgehead atoms. The minimum atomic E-state index is -0.597. The summed E-state index contributed by atoms with van der Waals surface area (Å²) in [6.45, 7) is 3.97. The summed E-state index contributed by atoms with van der Waals surface area (Å²) < 4.78 is 0. The summed E-state index contributed by atoms with van der Waals surface area (Å²) in [6, 6.07) is 18.2. The maximum absolute atomic E-state index is 12.8. The van der Waals surface area contributed by atoms with Crippen molar-refractivity contribution in [2.75, 3.05) is 26.2 Å². The summed E-state index contributed by atoms with van der Waals surface area (Å²) in [5.74, 6) is -0.355. The average molecular weight is 394 g/mol. The number of likely N-dealkylation sites (tertiary alicyclic amines) is 1. The van der Waals surface area contributed by atoms with Crippen LogP contribution in [0.4, 0.5) is 0 Å². The third-order valence-corrected chi connectivity index (χ3v) is 5.34. The van der Waals surface area contributed by atoms with E-state index in [-0.39, 0.29) is 11.8 Å². The van der Waals surface area contributed by atoms with E-state index < -0.39 is 6.04 Å². The van der Waals surface area contributed by atoms with Crippen LogP contribution in [0.15, 0.2) is 60.7 Å². The van der Waals surface area contributed by atoms with Gasteiger partial charge in [-0.25, -0.2) is 0 Å². The monoisotopic (exact) mass is 393 g/mol. The summed E-state index contributed by atoms with van der Waals surface area (Å²) in [6.07, 6.45) is 5.28. The first kappa shape index (κ1) is 21.1. The maximum Gasteiger partial charge on any atom is 0.251 e. The van der Waals surface area contributed by atoms with E-state index in [0.717, 1.165) is 31.6 Å². The van der Waals surface area contributed by atoms with E-state index >= 15 is 0 Å². The second-order valence-electron chi connectivity index (χ2n) is 7.63. The van der Waals surface area contributed by atoms with Crippen molar-refractivity contribution in [2.45, 2.75) is 38.1 Å². The fourth-order valence-electron chi connectivity index (χ4n) is 3.71. The van der Waals surface area contributed by atoms with Gasteiger partial charge in [-0.05, 0) is 56.6 Å². The summed E-state index contributed by atoms with van der Waals surface area (Å²) in [5, 5.41) is 5.93. The molecule has 5 nitrogen and oxygen atoms in total. The molecule has 1 saturated heterocycles. The summed E-state index contributed by atoms with van der Waals surface area (Å²) in [4.78, 5) is 27.9. The highest BCUT2D eigenvalue weighted by molar-refractivity contribution is 5.97. The normalized spacial score (nSPS) is 15.4. The Morgan fingerprint density at radius 1 is 0.897 bits per heavy atom. The van der Waals surface area contributed by atoms with Crippen LogP contribution in [0, 0.1) is 0 Å². The van der Waals surface area contributed by atoms with Gasteiger partial charge in [-0.1, -0.05) is 55.0 Å². The van der Waals surface area contributed by atoms with Crippen LogP contribution in [0.5, 0.6) is 0 Å². The molecule has 1 fully saturated rings. The van der Waals surface area contributed by atoms with Gasteiger partial charge in [0.25, 0.3) is 5.91 Å². The largest absolute Gasteiger partial charge is 0.354 e. The Kier molecular flexibility index (Phi) is 8.25. The van der Waals surface area contributed by atoms with Crippen molar-refractivity contribution >= 4 is 11.8 Å². The van der Waals surface area contributed by atoms with Crippen LogP contribution >= 0.6 is 0 Å². The van der Waals surface area contributed by atoms with Crippen molar-refractivity contribution in [3.63, 3.8) is 0 Å². The number of amides is 2. The predicted molar refractivity (Wildman–Crippen MR) is 116 cm³/mol. The van der Waals surface area contributed by atoms with Crippen molar-refractivity contribution in [3.05, 3.63) is 71.8 Å². The van der Waals surface area contributed by atoms with E-state index in [1.54, 1.807) is 12.1 Å². The van der Waals surface area contributed by atoms with Gasteiger partial charge in [-0.15, -0.1) is 0 Å². The number of carbonyl (C=O) groups excluding carboxylic acids is 2. The van der Waals surface area contributed by atoms with Gasteiger partial charge in [0.1, 0.15) is 6.04 Å². The third-order valence-electron chi connectivity index (χ3n) is 5.34. The van der Waals surface area contributed by atoms with Gasteiger partial charge >= 0.3 is 0 Å². The van der Waals surface area contributed by atoms with Crippen LogP contribution in [-0.2, 0) is 11.2 Å². The number of nitrogens with zero attached hydrogens (tertiary/aromatic N) is 1. The molecule has 3 rings (SSSR count). The molecule has 2 N–H and O–H groups in total. The molecule has 1 aliphatic heterocycles. The van der Waals surface area contributed by atoms with Crippen molar-refractivity contribution in [1.82, 2.24) is 15.5 Å². The van der Waals surface area contributed by atoms with Gasteiger partial charge in [0, 0.05) is 18.5 Å². The number of hydrogen-bond acceptors (Lipinski definition) is 3. The van der Waals surface area contributed by atoms with Crippen LogP contribution in [0.3, 0.4) is 0 Å². The van der Waals surface area contributed by atoms with E-state index in [1.807, 2.05) is 48.5 Å². The van der Waals surface area contributed by atoms with Gasteiger partial charge in [0.2, 0.25) is 5.91 Å². The number of rotatable bonds is 9. The van der Waals surface area contributed by atoms with E-state index in [2.05, 4.69) is 15.5 Å². The zero-order valence-electron chi connectivity index (χ0n) is 17.0. The highest BCUT2D eigenvalue weighted by Gasteiger charge is 2.21. The second kappa shape index (κ2) is 11.4. The SMILES string of the molecule is O=C(NC(Cc1ccccc1)C(=O)NCCCN1CCCCC1)c1ccccc1. The molecule has 1 unspecified atom stereocenters. The lowest BCUT2D eigenvalue weighted by atomic mass is 10.0. The van der Waals surface area contributed by atoms with Crippen molar-refractivity contribution in [3.8, 4) is 0 Å². The van der Waals surface area contributed by atoms with Crippen LogP contribution in [0.2, 0.25) is 0 Å². The minimum Gasteiger partial charge on any atom is -0.354 e. The molecule has 2 aromatic carbocycles. The minimum absolute atomic E-state index is 0.128. The van der Waals surface area contributed by atoms with Gasteiger partial charge < -0.3 is 15.5 Å². The Morgan fingerprint density at radius 2 is 1.55 bits per heavy atom. The molecule has 0 aromatic heterocycles. The molecular formula is C24H31N3O2. The van der Waals surface area contributed by atoms with E-state index in [1.165, 1.54) is 19.3 Å². The summed E-state index contributed by atoms with van der Waals surface area (Å²) in [7, 11) is 0. The van der Waals surface area contributed by atoms with Crippen molar-refractivity contribution < 1.29 is 9.59 Å². The zero-order valence-corrected chi connectivity index (χ0v) is 17.0. The summed E-state index contributed by atoms with van der Waals surface area (Å²) >= 11 is 0. The molecule has 1 heterocycles. The van der Waals surface area contributed by atoms with Gasteiger partial charge in [0.05, 0.1) is 0 Å². The van der Waals surface area contributed by atoms with Gasteiger partial charge in [0.15, 0.2) is 0 Å². The van der Waals surface area contributed by atoms with Crippen molar-refractivity contribution in [2.24, 2.45) is 0 Å². The molecule has 1 aliphatic rings. The molecule has 2 aromatic rings. The van der Waals surface area contributed by atoms with E-state index in [4.69, 9.17) is 0 Å². The number of benzene rings is 2. The van der Waals surface area contributed by atoms with E-state index in [9.17, 15) is 9.59 Å². The Morgan fingerprint density at radius 3 is 2.24 bits per heavy atom. The van der Waals surface area contributed by atoms with Gasteiger partial charge in [-0.2, -0.15) is 0 Å². The summed E-state index contributed by atoms with van der Waals surface area (Å²) in [5.41, 5.74) is 1.58. The third kappa shape index (κ3) is 7.02. The fraction of sp³-hybridized carbons (Fsp3) is 0.417. The molecule has 0 spiro atoms. The Balaban J connectivity index is 1.54. The smallest absolute Gasteiger partial charge is 0.251 e. The second-order valence-corrected chi connectivity index (χ2v) is 7.63. The molecular weight excluding hydrogens is 362 g/mol. The molecule has 0 saturated carbocycles. The first-order chi connectivity index (χ1) is 14.2. The maximum atomic E-state index is 12.8. The van der Waals surface area contributed by atoms with Crippen LogP contribution in [0.1, 0.15) is 41.6 Å². The van der Waals surface area contributed by atoms with Crippen molar-refractivity contribution in [1.29, 1.82) is 0 Å². The standard InChI is InChI=1S/C24H31N3O2/c28-23(21-13-6-2-7-14-21)26-22(19-20-11-4-1-5-12-20)24(29)25-15-10-18-27-16-8-3-9-17-27/h1-2,4-7,11-14,22H,3,8-10,15-19H2,(H,25,29)(H,26,28). The fourth-order valence-corrected chi connectivity index (χ4v) is 3.71. The van der Waals surface area contributed by atoms with Crippen LogP contribution in [0.25, 0.3) is 0 Å².